The molecule has 1 aliphatic rings. The molecule has 1 fully saturated rings. The van der Waals surface area contributed by atoms with Crippen molar-refractivity contribution in [1.82, 2.24) is 4.98 Å². The van der Waals surface area contributed by atoms with E-state index in [9.17, 15) is 9.18 Å². The molecule has 1 aromatic heterocycles. The topological polar surface area (TPSA) is 81.8 Å². The number of ether oxygens (including phenoxy) is 2. The maximum absolute atomic E-state index is 13.3. The first-order chi connectivity index (χ1) is 14.9. The van der Waals surface area contributed by atoms with Crippen LogP contribution in [0.4, 0.5) is 4.39 Å². The number of carbonyl (C=O) groups is 1. The summed E-state index contributed by atoms with van der Waals surface area (Å²) in [5.41, 5.74) is 1.11. The molecule has 31 heavy (non-hydrogen) atoms. The van der Waals surface area contributed by atoms with Crippen molar-refractivity contribution in [1.29, 1.82) is 0 Å². The Labute approximate surface area is 183 Å². The number of rotatable bonds is 12. The van der Waals surface area contributed by atoms with E-state index in [2.05, 4.69) is 11.6 Å². The molecule has 1 heterocycles. The van der Waals surface area contributed by atoms with E-state index in [0.29, 0.717) is 43.3 Å². The van der Waals surface area contributed by atoms with Crippen LogP contribution in [0.2, 0.25) is 0 Å². The maximum atomic E-state index is 13.3. The zero-order valence-electron chi connectivity index (χ0n) is 18.3. The molecule has 7 heteroatoms. The van der Waals surface area contributed by atoms with E-state index in [4.69, 9.17) is 19.0 Å². The summed E-state index contributed by atoms with van der Waals surface area (Å²) in [5, 5.41) is 9.06. The summed E-state index contributed by atoms with van der Waals surface area (Å²) in [6.45, 7) is 7.75. The number of oxazole rings is 1. The van der Waals surface area contributed by atoms with Gasteiger partial charge in [-0.2, -0.15) is 0 Å². The highest BCUT2D eigenvalue weighted by Gasteiger charge is 2.23. The SMILES string of the molecule is C=C/C=C(F)\C=C/Cc1nc(COC2CCCC(OC/C=C(\CC)C(=O)O)C2)c(C)o1. The Balaban J connectivity index is 1.80. The van der Waals surface area contributed by atoms with Crippen LogP contribution in [0, 0.1) is 6.92 Å². The van der Waals surface area contributed by atoms with Crippen molar-refractivity contribution in [3.8, 4) is 0 Å². The number of hydrogen-bond acceptors (Lipinski definition) is 5. The van der Waals surface area contributed by atoms with Gasteiger partial charge in [-0.15, -0.1) is 0 Å². The van der Waals surface area contributed by atoms with Crippen molar-refractivity contribution in [2.24, 2.45) is 0 Å². The zero-order chi connectivity index (χ0) is 22.6. The molecule has 2 atom stereocenters. The largest absolute Gasteiger partial charge is 0.478 e. The lowest BCUT2D eigenvalue weighted by Gasteiger charge is -2.28. The number of carboxylic acids is 1. The van der Waals surface area contributed by atoms with E-state index in [1.54, 1.807) is 12.2 Å². The summed E-state index contributed by atoms with van der Waals surface area (Å²) in [6.07, 6.45) is 12.0. The van der Waals surface area contributed by atoms with Crippen molar-refractivity contribution in [2.45, 2.75) is 71.2 Å². The second-order valence-corrected chi connectivity index (χ2v) is 7.45. The van der Waals surface area contributed by atoms with E-state index in [1.807, 2.05) is 13.8 Å². The molecule has 6 nitrogen and oxygen atoms in total. The molecule has 1 aliphatic carbocycles. The van der Waals surface area contributed by atoms with Gasteiger partial charge in [-0.05, 0) is 57.3 Å². The van der Waals surface area contributed by atoms with Crippen LogP contribution in [0.5, 0.6) is 0 Å². The zero-order valence-corrected chi connectivity index (χ0v) is 18.3. The van der Waals surface area contributed by atoms with Gasteiger partial charge in [0.1, 0.15) is 17.3 Å². The fraction of sp³-hybridized carbons (Fsp3) is 0.500. The van der Waals surface area contributed by atoms with Gasteiger partial charge in [-0.3, -0.25) is 0 Å². The van der Waals surface area contributed by atoms with Crippen LogP contribution in [0.3, 0.4) is 0 Å². The predicted molar refractivity (Wildman–Crippen MR) is 116 cm³/mol. The molecule has 2 rings (SSSR count). The van der Waals surface area contributed by atoms with Crippen LogP contribution in [0.25, 0.3) is 0 Å². The van der Waals surface area contributed by atoms with Gasteiger partial charge in [0.25, 0.3) is 0 Å². The minimum absolute atomic E-state index is 0.0551. The number of carboxylic acid groups (broad SMARTS) is 1. The molecule has 0 saturated heterocycles. The van der Waals surface area contributed by atoms with Gasteiger partial charge in [-0.25, -0.2) is 14.2 Å². The van der Waals surface area contributed by atoms with Crippen LogP contribution in [-0.2, 0) is 27.3 Å². The quantitative estimate of drug-likeness (QED) is 0.352. The molecule has 0 aromatic carbocycles. The first-order valence-electron chi connectivity index (χ1n) is 10.7. The van der Waals surface area contributed by atoms with Gasteiger partial charge in [0.05, 0.1) is 25.4 Å². The molecule has 0 amide bonds. The molecule has 1 aromatic rings. The Kier molecular flexibility index (Phi) is 10.4. The third kappa shape index (κ3) is 8.63. The molecule has 2 unspecified atom stereocenters. The average molecular weight is 434 g/mol. The Bertz CT molecular complexity index is 824. The summed E-state index contributed by atoms with van der Waals surface area (Å²) < 4.78 is 30.8. The number of aryl methyl sites for hydroxylation is 1. The van der Waals surface area contributed by atoms with Gasteiger partial charge in [0, 0.05) is 12.0 Å². The first kappa shape index (κ1) is 24.8. The number of nitrogens with zero attached hydrogens (tertiary/aromatic N) is 1. The van der Waals surface area contributed by atoms with Crippen molar-refractivity contribution in [3.05, 3.63) is 65.7 Å². The number of aromatic nitrogens is 1. The van der Waals surface area contributed by atoms with E-state index in [-0.39, 0.29) is 18.0 Å². The van der Waals surface area contributed by atoms with Crippen molar-refractivity contribution < 1.29 is 28.2 Å². The minimum Gasteiger partial charge on any atom is -0.478 e. The van der Waals surface area contributed by atoms with Crippen LogP contribution < -0.4 is 0 Å². The molecule has 1 N–H and O–H groups in total. The van der Waals surface area contributed by atoms with Gasteiger partial charge < -0.3 is 19.0 Å². The maximum Gasteiger partial charge on any atom is 0.331 e. The highest BCUT2D eigenvalue weighted by Crippen LogP contribution is 2.25. The molecule has 0 radical (unpaired) electrons. The Morgan fingerprint density at radius 1 is 1.35 bits per heavy atom. The summed E-state index contributed by atoms with van der Waals surface area (Å²) >= 11 is 0. The number of allylic oxidation sites excluding steroid dienone is 5. The summed E-state index contributed by atoms with van der Waals surface area (Å²) in [6, 6.07) is 0. The van der Waals surface area contributed by atoms with E-state index in [0.717, 1.165) is 31.4 Å². The molecule has 1 saturated carbocycles. The lowest BCUT2D eigenvalue weighted by Crippen LogP contribution is -2.28. The number of aliphatic carboxylic acids is 1. The standard InChI is InChI=1S/C24H32FNO5/c1-4-8-19(25)9-6-12-23-26-22(17(3)31-23)16-30-21-11-7-10-20(15-21)29-14-13-18(5-2)24(27)28/h4,6,8-9,13,20-21H,1,5,7,10-12,14-16H2,2-3H3,(H,27,28)/b9-6-,18-13+,19-8+. The van der Waals surface area contributed by atoms with Crippen LogP contribution in [-0.4, -0.2) is 34.9 Å². The second kappa shape index (κ2) is 13.0. The first-order valence-corrected chi connectivity index (χ1v) is 10.7. The Hall–Kier alpha value is -2.51. The van der Waals surface area contributed by atoms with E-state index >= 15 is 0 Å². The second-order valence-electron chi connectivity index (χ2n) is 7.45. The lowest BCUT2D eigenvalue weighted by molar-refractivity contribution is -0.132. The van der Waals surface area contributed by atoms with Gasteiger partial charge in [0.2, 0.25) is 0 Å². The lowest BCUT2D eigenvalue weighted by atomic mass is 9.95. The summed E-state index contributed by atoms with van der Waals surface area (Å²) in [7, 11) is 0. The molecule has 170 valence electrons. The average Bonchev–Trinajstić information content (AvgIpc) is 3.09. The fourth-order valence-corrected chi connectivity index (χ4v) is 3.42. The smallest absolute Gasteiger partial charge is 0.331 e. The summed E-state index contributed by atoms with van der Waals surface area (Å²) in [4.78, 5) is 15.5. The van der Waals surface area contributed by atoms with Gasteiger partial charge in [0.15, 0.2) is 5.89 Å². The van der Waals surface area contributed by atoms with Crippen molar-refractivity contribution >= 4 is 5.97 Å². The van der Waals surface area contributed by atoms with Gasteiger partial charge >= 0.3 is 5.97 Å². The highest BCUT2D eigenvalue weighted by molar-refractivity contribution is 5.86. The van der Waals surface area contributed by atoms with Crippen molar-refractivity contribution in [3.63, 3.8) is 0 Å². The van der Waals surface area contributed by atoms with Crippen LogP contribution in [0.1, 0.15) is 56.4 Å². The minimum atomic E-state index is -0.896. The summed E-state index contributed by atoms with van der Waals surface area (Å²) in [5.74, 6) is -0.0620. The third-order valence-electron chi connectivity index (χ3n) is 5.13. The molecule has 0 aliphatic heterocycles. The van der Waals surface area contributed by atoms with Crippen molar-refractivity contribution in [2.75, 3.05) is 6.61 Å². The normalized spacial score (nSPS) is 20.4. The third-order valence-corrected chi connectivity index (χ3v) is 5.13. The molecule has 0 bridgehead atoms. The van der Waals surface area contributed by atoms with Crippen LogP contribution in [0.15, 0.2) is 52.8 Å². The fourth-order valence-electron chi connectivity index (χ4n) is 3.42. The Morgan fingerprint density at radius 3 is 2.77 bits per heavy atom. The van der Waals surface area contributed by atoms with E-state index in [1.165, 1.54) is 18.2 Å². The molecular weight excluding hydrogens is 401 g/mol. The predicted octanol–water partition coefficient (Wildman–Crippen LogP) is 5.39. The monoisotopic (exact) mass is 433 g/mol. The van der Waals surface area contributed by atoms with Gasteiger partial charge in [-0.1, -0.05) is 25.7 Å². The van der Waals surface area contributed by atoms with E-state index < -0.39 is 5.97 Å². The molecular formula is C24H32FNO5. The number of hydrogen-bond donors (Lipinski definition) is 1. The number of halogens is 1. The molecule has 0 spiro atoms. The van der Waals surface area contributed by atoms with Crippen LogP contribution >= 0.6 is 0 Å². The Morgan fingerprint density at radius 2 is 2.10 bits per heavy atom. The highest BCUT2D eigenvalue weighted by atomic mass is 19.1.